The maximum Gasteiger partial charge on any atom is 0.348 e. The first-order valence-electron chi connectivity index (χ1n) is 21.7. The summed E-state index contributed by atoms with van der Waals surface area (Å²) in [4.78, 5) is 51.3. The topological polar surface area (TPSA) is 340 Å². The highest BCUT2D eigenvalue weighted by Crippen LogP contribution is 2.47. The Hall–Kier alpha value is -7.76. The van der Waals surface area contributed by atoms with Crippen LogP contribution in [0.1, 0.15) is 20.8 Å². The molecule has 6 aromatic carbocycles. The molecule has 6 heterocycles. The van der Waals surface area contributed by atoms with Gasteiger partial charge >= 0.3 is 11.3 Å². The van der Waals surface area contributed by atoms with Crippen LogP contribution in [-0.2, 0) is 14.2 Å². The Kier molecular flexibility index (Phi) is 10.2. The lowest BCUT2D eigenvalue weighted by atomic mass is 9.91. The molecule has 0 radical (unpaired) electrons. The quantitative estimate of drug-likeness (QED) is 0.0679. The standard InChI is InChI=1S/C31H30O14.C18H8O7/c1-9-21(33)10(2)40-30(22(9)34)45-27-25(37)23(35)11(3)41-31(27)43-14-6-4-5-12-16(14)26-19-18-15(42-29(39)20(19)24(12)36)8-7-13(32)17(18)28(38)44-26;19-7-3-1-2-6-10(7)16-13-12-9(24-18(23)14(13)15(6)21)5-4-8(20)11(12)17(22)25-16/h4-11,21-23,25,27,30-31,33-35,37-39H,1-3H3;1-5,19-21H/t9?,10?,11?,21-,22-,23+,25+,27?,30-,31+;/m1./s1. The van der Waals surface area contributed by atoms with Crippen LogP contribution < -0.4 is 26.8 Å². The summed E-state index contributed by atoms with van der Waals surface area (Å²) in [5.74, 6) is -3.13. The number of benzene rings is 6. The second kappa shape index (κ2) is 15.9. The summed E-state index contributed by atoms with van der Waals surface area (Å²) in [6.07, 6.45) is -11.3. The van der Waals surface area contributed by atoms with E-state index in [2.05, 4.69) is 0 Å². The van der Waals surface area contributed by atoms with Gasteiger partial charge in [0.2, 0.25) is 11.7 Å². The van der Waals surface area contributed by atoms with Gasteiger partial charge in [-0.1, -0.05) is 31.2 Å². The Morgan fingerprint density at radius 1 is 0.486 bits per heavy atom. The fourth-order valence-corrected chi connectivity index (χ4v) is 9.80. The van der Waals surface area contributed by atoms with Gasteiger partial charge < -0.3 is 82.6 Å². The summed E-state index contributed by atoms with van der Waals surface area (Å²) in [5, 5.41) is 94.9. The van der Waals surface area contributed by atoms with Crippen LogP contribution in [0.4, 0.5) is 0 Å². The van der Waals surface area contributed by atoms with Crippen LogP contribution in [0.15, 0.2) is 97.5 Å². The molecule has 10 aromatic rings. The predicted molar refractivity (Wildman–Crippen MR) is 245 cm³/mol. The van der Waals surface area contributed by atoms with Crippen molar-refractivity contribution >= 4 is 87.0 Å². The second-order valence-corrected chi connectivity index (χ2v) is 17.4. The van der Waals surface area contributed by atoms with E-state index in [9.17, 15) is 65.1 Å². The zero-order valence-corrected chi connectivity index (χ0v) is 36.5. The maximum atomic E-state index is 13.8. The van der Waals surface area contributed by atoms with Crippen LogP contribution in [0.25, 0.3) is 87.0 Å². The van der Waals surface area contributed by atoms with Crippen molar-refractivity contribution in [3.63, 3.8) is 0 Å². The smallest absolute Gasteiger partial charge is 0.348 e. The molecule has 0 saturated carbocycles. The van der Waals surface area contributed by atoms with Gasteiger partial charge in [-0.2, -0.15) is 0 Å². The van der Waals surface area contributed by atoms with Gasteiger partial charge in [-0.3, -0.25) is 9.59 Å². The fraction of sp³-hybridized carbons (Fsp3) is 0.265. The van der Waals surface area contributed by atoms with E-state index in [-0.39, 0.29) is 104 Å². The van der Waals surface area contributed by atoms with Crippen molar-refractivity contribution in [2.75, 3.05) is 0 Å². The molecule has 4 aromatic heterocycles. The molecule has 2 saturated heterocycles. The Labute approximate surface area is 387 Å². The van der Waals surface area contributed by atoms with Crippen molar-refractivity contribution in [1.82, 2.24) is 0 Å². The van der Waals surface area contributed by atoms with Gasteiger partial charge in [-0.15, -0.1) is 0 Å². The van der Waals surface area contributed by atoms with Crippen molar-refractivity contribution in [3.8, 4) is 34.9 Å². The molecule has 2 aliphatic heterocycles. The minimum atomic E-state index is -1.59. The van der Waals surface area contributed by atoms with Crippen molar-refractivity contribution < 1.29 is 82.6 Å². The summed E-state index contributed by atoms with van der Waals surface area (Å²) in [5.41, 5.74) is -3.05. The molecular weight excluding hydrogens is 925 g/mol. The molecule has 360 valence electrons. The normalized spacial score (nSPS) is 25.2. The molecule has 0 aliphatic carbocycles. The van der Waals surface area contributed by atoms with E-state index in [1.165, 1.54) is 61.5 Å². The molecule has 0 bridgehead atoms. The van der Waals surface area contributed by atoms with Crippen LogP contribution in [0.3, 0.4) is 0 Å². The second-order valence-electron chi connectivity index (χ2n) is 17.4. The first kappa shape index (κ1) is 44.7. The predicted octanol–water partition coefficient (Wildman–Crippen LogP) is 4.15. The minimum Gasteiger partial charge on any atom is -0.507 e. The molecule has 21 heteroatoms. The van der Waals surface area contributed by atoms with E-state index >= 15 is 0 Å². The summed E-state index contributed by atoms with van der Waals surface area (Å²) in [6, 6.07) is 13.7. The number of phenols is 3. The molecule has 9 N–H and O–H groups in total. The first-order valence-corrected chi connectivity index (χ1v) is 21.7. The van der Waals surface area contributed by atoms with Gasteiger partial charge in [0.05, 0.1) is 29.1 Å². The molecule has 2 fully saturated rings. The number of aliphatic hydroxyl groups excluding tert-OH is 4. The highest BCUT2D eigenvalue weighted by molar-refractivity contribution is 6.30. The molecular formula is C49H38O21. The molecule has 0 spiro atoms. The van der Waals surface area contributed by atoms with Gasteiger partial charge in [-0.25, -0.2) is 9.59 Å². The lowest BCUT2D eigenvalue weighted by Crippen LogP contribution is -2.62. The van der Waals surface area contributed by atoms with Crippen molar-refractivity contribution in [2.45, 2.75) is 76.1 Å². The largest absolute Gasteiger partial charge is 0.507 e. The summed E-state index contributed by atoms with van der Waals surface area (Å²) < 4.78 is 45.5. The van der Waals surface area contributed by atoms with E-state index in [0.29, 0.717) is 0 Å². The summed E-state index contributed by atoms with van der Waals surface area (Å²) >= 11 is 0. The van der Waals surface area contributed by atoms with Gasteiger partial charge in [0.15, 0.2) is 29.0 Å². The number of rotatable bonds is 4. The summed E-state index contributed by atoms with van der Waals surface area (Å²) in [6.45, 7) is 4.70. The van der Waals surface area contributed by atoms with E-state index in [0.717, 1.165) is 6.07 Å². The number of ether oxygens (including phenoxy) is 4. The third-order valence-electron chi connectivity index (χ3n) is 13.4. The highest BCUT2D eigenvalue weighted by Gasteiger charge is 2.50. The van der Waals surface area contributed by atoms with Gasteiger partial charge in [0.1, 0.15) is 74.0 Å². The Morgan fingerprint density at radius 3 is 1.86 bits per heavy atom. The minimum absolute atomic E-state index is 0.00856. The molecule has 70 heavy (non-hydrogen) atoms. The van der Waals surface area contributed by atoms with Crippen LogP contribution in [-0.4, -0.2) is 101 Å². The Morgan fingerprint density at radius 2 is 1.09 bits per heavy atom. The van der Waals surface area contributed by atoms with E-state index in [1.807, 2.05) is 0 Å². The molecule has 2 aliphatic rings. The maximum absolute atomic E-state index is 13.8. The van der Waals surface area contributed by atoms with Crippen molar-refractivity contribution in [2.24, 2.45) is 5.92 Å². The number of phenolic OH excluding ortho intramolecular Hbond substituents is 3. The molecule has 0 amide bonds. The monoisotopic (exact) mass is 962 g/mol. The Bertz CT molecular complexity index is 4020. The van der Waals surface area contributed by atoms with Gasteiger partial charge in [0.25, 0.3) is 11.9 Å². The molecule has 4 unspecified atom stereocenters. The number of aliphatic hydroxyl groups is 4. The zero-order valence-electron chi connectivity index (χ0n) is 36.5. The SMILES string of the molecule is CC1O[C@H](OC2[C@H](Oc3cccc4c(=O)c5c(O)oc6ccc(=O)c7c(O)oc(c34)c5c67)OC(C)[C@H](O)[C@@H]2O)[C@H](O)C(C)[C@H]1O.O=c1oc2c3c(O)cccc3c(O)c3c(=O)oc4ccc(O)c1c4c32. The van der Waals surface area contributed by atoms with Gasteiger partial charge in [-0.05, 0) is 50.2 Å². The number of hydrogen-bond acceptors (Lipinski definition) is 21. The van der Waals surface area contributed by atoms with Crippen LogP contribution in [0.2, 0.25) is 0 Å². The van der Waals surface area contributed by atoms with E-state index in [4.69, 9.17) is 36.6 Å². The average molecular weight is 963 g/mol. The van der Waals surface area contributed by atoms with Crippen LogP contribution in [0, 0.1) is 5.92 Å². The van der Waals surface area contributed by atoms with E-state index < -0.39 is 101 Å². The number of aromatic hydroxyl groups is 5. The Balaban J connectivity index is 0.000000179. The molecule has 21 nitrogen and oxygen atoms in total. The third kappa shape index (κ3) is 6.37. The van der Waals surface area contributed by atoms with Crippen LogP contribution >= 0.6 is 0 Å². The zero-order chi connectivity index (χ0) is 49.5. The lowest BCUT2D eigenvalue weighted by Gasteiger charge is -2.45. The lowest BCUT2D eigenvalue weighted by molar-refractivity contribution is -0.346. The van der Waals surface area contributed by atoms with E-state index in [1.54, 1.807) is 13.8 Å². The fourth-order valence-electron chi connectivity index (χ4n) is 9.80. The van der Waals surface area contributed by atoms with Crippen molar-refractivity contribution in [3.05, 3.63) is 102 Å². The molecule has 10 atom stereocenters. The molecule has 12 rings (SSSR count). The number of fused-ring (bicyclic) bond motifs is 4. The van der Waals surface area contributed by atoms with Gasteiger partial charge in [0, 0.05) is 38.2 Å². The average Bonchev–Trinajstić information content (AvgIpc) is 3.32. The first-order chi connectivity index (χ1) is 33.4. The van der Waals surface area contributed by atoms with Crippen molar-refractivity contribution in [1.29, 1.82) is 0 Å². The third-order valence-corrected chi connectivity index (χ3v) is 13.4. The van der Waals surface area contributed by atoms with Crippen LogP contribution in [0.5, 0.6) is 34.9 Å². The highest BCUT2D eigenvalue weighted by atomic mass is 16.8. The number of hydrogen-bond donors (Lipinski definition) is 9. The summed E-state index contributed by atoms with van der Waals surface area (Å²) in [7, 11) is 0.